The van der Waals surface area contributed by atoms with E-state index in [0.29, 0.717) is 23.1 Å². The second-order valence-electron chi connectivity index (χ2n) is 4.67. The van der Waals surface area contributed by atoms with E-state index in [2.05, 4.69) is 5.32 Å². The number of halogens is 1. The lowest BCUT2D eigenvalue weighted by atomic mass is 10.1. The number of rotatable bonds is 5. The number of carboxylic acids is 1. The Morgan fingerprint density at radius 2 is 2.15 bits per heavy atom. The van der Waals surface area contributed by atoms with Gasteiger partial charge in [0.2, 0.25) is 0 Å². The van der Waals surface area contributed by atoms with Crippen molar-refractivity contribution in [3.05, 3.63) is 46.7 Å². The van der Waals surface area contributed by atoms with Crippen LogP contribution in [0.15, 0.2) is 34.7 Å². The van der Waals surface area contributed by atoms with Crippen molar-refractivity contribution in [1.29, 1.82) is 0 Å². The fourth-order valence-electron chi connectivity index (χ4n) is 1.72. The largest absolute Gasteiger partial charge is 0.480 e. The first-order valence-electron chi connectivity index (χ1n) is 6.29. The first kappa shape index (κ1) is 14.6. The van der Waals surface area contributed by atoms with Gasteiger partial charge in [-0.1, -0.05) is 23.7 Å². The Bertz CT molecular complexity index is 621. The van der Waals surface area contributed by atoms with Crippen LogP contribution in [0.5, 0.6) is 0 Å². The van der Waals surface area contributed by atoms with Crippen LogP contribution in [0.2, 0.25) is 5.02 Å². The number of benzene rings is 1. The highest BCUT2D eigenvalue weighted by Gasteiger charge is 2.11. The Labute approximate surface area is 122 Å². The summed E-state index contributed by atoms with van der Waals surface area (Å²) in [6, 6.07) is 8.79. The standard InChI is InChI=1S/C15H16ClNO3/c1-9-3-4-11(7-13(9)16)14-6-5-12(20-14)8-17-10(2)15(18)19/h3-7,10,17H,8H2,1-2H3,(H,18,19)/t10-/m0/s1. The third-order valence-corrected chi connectivity index (χ3v) is 3.48. The second kappa shape index (κ2) is 6.11. The molecule has 1 aromatic heterocycles. The van der Waals surface area contributed by atoms with E-state index in [-0.39, 0.29) is 0 Å². The molecule has 1 atom stereocenters. The molecule has 0 radical (unpaired) electrons. The van der Waals surface area contributed by atoms with Crippen molar-refractivity contribution in [3.63, 3.8) is 0 Å². The molecule has 0 saturated heterocycles. The van der Waals surface area contributed by atoms with Gasteiger partial charge in [-0.3, -0.25) is 10.1 Å². The quantitative estimate of drug-likeness (QED) is 0.886. The van der Waals surface area contributed by atoms with Crippen molar-refractivity contribution in [3.8, 4) is 11.3 Å². The molecule has 2 aromatic rings. The zero-order valence-corrected chi connectivity index (χ0v) is 12.1. The molecule has 106 valence electrons. The van der Waals surface area contributed by atoms with Crippen LogP contribution < -0.4 is 5.32 Å². The summed E-state index contributed by atoms with van der Waals surface area (Å²) in [5, 5.41) is 12.3. The summed E-state index contributed by atoms with van der Waals surface area (Å²) in [4.78, 5) is 10.7. The topological polar surface area (TPSA) is 62.5 Å². The molecule has 0 fully saturated rings. The minimum absolute atomic E-state index is 0.368. The number of hydrogen-bond acceptors (Lipinski definition) is 3. The third-order valence-electron chi connectivity index (χ3n) is 3.07. The van der Waals surface area contributed by atoms with Gasteiger partial charge in [0.15, 0.2) is 0 Å². The molecule has 0 unspecified atom stereocenters. The minimum Gasteiger partial charge on any atom is -0.480 e. The lowest BCUT2D eigenvalue weighted by Gasteiger charge is -2.06. The highest BCUT2D eigenvalue weighted by Crippen LogP contribution is 2.26. The summed E-state index contributed by atoms with van der Waals surface area (Å²) in [6.07, 6.45) is 0. The Morgan fingerprint density at radius 3 is 2.80 bits per heavy atom. The summed E-state index contributed by atoms with van der Waals surface area (Å²) in [6.45, 7) is 3.90. The monoisotopic (exact) mass is 293 g/mol. The lowest BCUT2D eigenvalue weighted by Crippen LogP contribution is -2.32. The van der Waals surface area contributed by atoms with Crippen molar-refractivity contribution < 1.29 is 14.3 Å². The van der Waals surface area contributed by atoms with Crippen LogP contribution in [-0.2, 0) is 11.3 Å². The van der Waals surface area contributed by atoms with Crippen LogP contribution in [0, 0.1) is 6.92 Å². The maximum absolute atomic E-state index is 10.7. The normalized spacial score (nSPS) is 12.3. The van der Waals surface area contributed by atoms with Crippen LogP contribution in [-0.4, -0.2) is 17.1 Å². The summed E-state index contributed by atoms with van der Waals surface area (Å²) in [5.74, 6) is 0.513. The highest BCUT2D eigenvalue weighted by atomic mass is 35.5. The molecule has 0 aliphatic carbocycles. The Kier molecular flexibility index (Phi) is 4.47. The molecular weight excluding hydrogens is 278 g/mol. The van der Waals surface area contributed by atoms with E-state index in [0.717, 1.165) is 11.1 Å². The van der Waals surface area contributed by atoms with Gasteiger partial charge in [-0.2, -0.15) is 0 Å². The zero-order chi connectivity index (χ0) is 14.7. The number of carbonyl (C=O) groups is 1. The summed E-state index contributed by atoms with van der Waals surface area (Å²) in [7, 11) is 0. The molecule has 0 spiro atoms. The average Bonchev–Trinajstić information content (AvgIpc) is 2.87. The number of furan rings is 1. The predicted molar refractivity (Wildman–Crippen MR) is 77.8 cm³/mol. The fourth-order valence-corrected chi connectivity index (χ4v) is 1.90. The van der Waals surface area contributed by atoms with Gasteiger partial charge < -0.3 is 9.52 Å². The Hall–Kier alpha value is -1.78. The van der Waals surface area contributed by atoms with Crippen molar-refractivity contribution in [2.45, 2.75) is 26.4 Å². The number of nitrogens with one attached hydrogen (secondary N) is 1. The molecule has 0 saturated carbocycles. The van der Waals surface area contributed by atoms with Crippen LogP contribution >= 0.6 is 11.6 Å². The first-order chi connectivity index (χ1) is 9.47. The lowest BCUT2D eigenvalue weighted by molar-refractivity contribution is -0.139. The van der Waals surface area contributed by atoms with Crippen molar-refractivity contribution in [1.82, 2.24) is 5.32 Å². The predicted octanol–water partition coefficient (Wildman–Crippen LogP) is 3.47. The molecular formula is C15H16ClNO3. The van der Waals surface area contributed by atoms with E-state index in [1.807, 2.05) is 37.3 Å². The zero-order valence-electron chi connectivity index (χ0n) is 11.3. The van der Waals surface area contributed by atoms with Crippen molar-refractivity contribution >= 4 is 17.6 Å². The van der Waals surface area contributed by atoms with Crippen LogP contribution in [0.3, 0.4) is 0 Å². The van der Waals surface area contributed by atoms with Crippen molar-refractivity contribution in [2.75, 3.05) is 0 Å². The maximum atomic E-state index is 10.7. The fraction of sp³-hybridized carbons (Fsp3) is 0.267. The molecule has 1 aromatic carbocycles. The van der Waals surface area contributed by atoms with Gasteiger partial charge in [-0.25, -0.2) is 0 Å². The average molecular weight is 294 g/mol. The summed E-state index contributed by atoms with van der Waals surface area (Å²) < 4.78 is 5.68. The SMILES string of the molecule is Cc1ccc(-c2ccc(CN[C@@H](C)C(=O)O)o2)cc1Cl. The van der Waals surface area contributed by atoms with E-state index in [4.69, 9.17) is 21.1 Å². The van der Waals surface area contributed by atoms with E-state index in [1.54, 1.807) is 6.92 Å². The van der Waals surface area contributed by atoms with Gasteiger partial charge >= 0.3 is 5.97 Å². The third kappa shape index (κ3) is 3.40. The molecule has 0 aliphatic rings. The number of aliphatic carboxylic acids is 1. The number of aryl methyl sites for hydroxylation is 1. The maximum Gasteiger partial charge on any atom is 0.320 e. The Balaban J connectivity index is 2.08. The second-order valence-corrected chi connectivity index (χ2v) is 5.08. The molecule has 20 heavy (non-hydrogen) atoms. The van der Waals surface area contributed by atoms with E-state index < -0.39 is 12.0 Å². The molecule has 2 N–H and O–H groups in total. The summed E-state index contributed by atoms with van der Waals surface area (Å²) in [5.41, 5.74) is 1.91. The number of carboxylic acid groups (broad SMARTS) is 1. The van der Waals surface area contributed by atoms with Crippen LogP contribution in [0.4, 0.5) is 0 Å². The smallest absolute Gasteiger partial charge is 0.320 e. The van der Waals surface area contributed by atoms with E-state index in [9.17, 15) is 4.79 Å². The van der Waals surface area contributed by atoms with Crippen molar-refractivity contribution in [2.24, 2.45) is 0 Å². The molecule has 0 bridgehead atoms. The molecule has 0 aliphatic heterocycles. The van der Waals surface area contributed by atoms with Gasteiger partial charge in [0, 0.05) is 10.6 Å². The van der Waals surface area contributed by atoms with Gasteiger partial charge in [-0.15, -0.1) is 0 Å². The van der Waals surface area contributed by atoms with Gasteiger partial charge in [0.25, 0.3) is 0 Å². The Morgan fingerprint density at radius 1 is 1.40 bits per heavy atom. The number of hydrogen-bond donors (Lipinski definition) is 2. The molecule has 1 heterocycles. The highest BCUT2D eigenvalue weighted by molar-refractivity contribution is 6.31. The van der Waals surface area contributed by atoms with Crippen LogP contribution in [0.1, 0.15) is 18.2 Å². The van der Waals surface area contributed by atoms with Crippen LogP contribution in [0.25, 0.3) is 11.3 Å². The van der Waals surface area contributed by atoms with E-state index in [1.165, 1.54) is 0 Å². The summed E-state index contributed by atoms with van der Waals surface area (Å²) >= 11 is 6.09. The molecule has 2 rings (SSSR count). The van der Waals surface area contributed by atoms with Gasteiger partial charge in [0.1, 0.15) is 17.6 Å². The van der Waals surface area contributed by atoms with Gasteiger partial charge in [-0.05, 0) is 37.6 Å². The van der Waals surface area contributed by atoms with E-state index >= 15 is 0 Å². The molecule has 5 heteroatoms. The minimum atomic E-state index is -0.887. The van der Waals surface area contributed by atoms with Gasteiger partial charge in [0.05, 0.1) is 6.54 Å². The molecule has 4 nitrogen and oxygen atoms in total. The molecule has 0 amide bonds. The first-order valence-corrected chi connectivity index (χ1v) is 6.66.